The van der Waals surface area contributed by atoms with Crippen LogP contribution in [0.4, 0.5) is 17.5 Å². The minimum Gasteiger partial charge on any atom is -0.505 e. The van der Waals surface area contributed by atoms with Gasteiger partial charge in [-0.15, -0.1) is 0 Å². The predicted molar refractivity (Wildman–Crippen MR) is 522 cm³/mol. The van der Waals surface area contributed by atoms with Crippen LogP contribution in [0, 0.1) is 32.5 Å². The zero-order valence-electron chi connectivity index (χ0n) is 79.9. The van der Waals surface area contributed by atoms with Gasteiger partial charge in [-0.3, -0.25) is 52.7 Å². The van der Waals surface area contributed by atoms with E-state index in [4.69, 9.17) is 50.4 Å². The number of primary amides is 1. The van der Waals surface area contributed by atoms with Gasteiger partial charge in [0.25, 0.3) is 11.8 Å². The molecule has 7 N–H and O–H groups in total. The lowest BCUT2D eigenvalue weighted by molar-refractivity contribution is -0.151. The number of aliphatic hydroxyl groups excluding tert-OH is 1. The second-order valence-corrected chi connectivity index (χ2v) is 38.3. The highest BCUT2D eigenvalue weighted by Gasteiger charge is 2.43. The van der Waals surface area contributed by atoms with Crippen LogP contribution in [0.25, 0.3) is 22.3 Å². The number of amides is 3. The first-order chi connectivity index (χ1) is 64.0. The Morgan fingerprint density at radius 1 is 0.397 bits per heavy atom. The number of hydrogen-bond donors (Lipinski definition) is 4. The molecule has 0 atom stereocenters. The molecule has 136 heavy (non-hydrogen) atoms. The number of aromatic nitrogens is 6. The number of anilines is 3. The summed E-state index contributed by atoms with van der Waals surface area (Å²) in [4.78, 5) is 159. The summed E-state index contributed by atoms with van der Waals surface area (Å²) in [6.07, 6.45) is 5.25. The third kappa shape index (κ3) is 22.4. The number of Topliss-reactive ketones (excluding diaryl/α,β-unsaturated/α-hetero) is 3. The van der Waals surface area contributed by atoms with Gasteiger partial charge in [-0.05, 0) is 197 Å². The summed E-state index contributed by atoms with van der Waals surface area (Å²) in [6.45, 7) is 27.0. The number of halogens is 1. The zero-order valence-corrected chi connectivity index (χ0v) is 81.5. The highest BCUT2D eigenvalue weighted by atomic mass is 79.9. The quantitative estimate of drug-likeness (QED) is 0.0153. The number of pyridine rings is 6. The number of aliphatic hydroxyl groups is 1. The smallest absolute Gasteiger partial charge is 0.311 e. The Labute approximate surface area is 796 Å². The summed E-state index contributed by atoms with van der Waals surface area (Å²) in [5, 5.41) is 12.4. The second-order valence-electron chi connectivity index (χ2n) is 37.7. The molecule has 29 nitrogen and oxygen atoms in total. The topological polar surface area (TPSA) is 406 Å². The number of alkyl halides is 1. The molecule has 9 aromatic heterocycles. The van der Waals surface area contributed by atoms with E-state index >= 15 is 0 Å². The third-order valence-corrected chi connectivity index (χ3v) is 23.4. The van der Waals surface area contributed by atoms with E-state index < -0.39 is 50.3 Å². The normalized spacial score (nSPS) is 12.4. The van der Waals surface area contributed by atoms with Gasteiger partial charge < -0.3 is 68.7 Å². The van der Waals surface area contributed by atoms with Gasteiger partial charge in [0.15, 0.2) is 22.8 Å². The fourth-order valence-corrected chi connectivity index (χ4v) is 15.8. The van der Waals surface area contributed by atoms with Gasteiger partial charge in [0, 0.05) is 103 Å². The van der Waals surface area contributed by atoms with Crippen molar-refractivity contribution in [2.45, 2.75) is 142 Å². The van der Waals surface area contributed by atoms with Gasteiger partial charge in [-0.2, -0.15) is 0 Å². The Morgan fingerprint density at radius 2 is 0.757 bits per heavy atom. The molecule has 0 bridgehead atoms. The van der Waals surface area contributed by atoms with E-state index in [1.807, 2.05) is 47.6 Å². The molecule has 0 saturated heterocycles. The number of nitrogen functional groups attached to an aromatic ring is 2. The molecule has 1 aliphatic heterocycles. The van der Waals surface area contributed by atoms with Crippen molar-refractivity contribution in [2.24, 2.45) is 38.2 Å². The van der Waals surface area contributed by atoms with Crippen LogP contribution in [-0.2, 0) is 61.7 Å². The molecule has 3 amide bonds. The average Bonchev–Trinajstić information content (AvgIpc) is 1.59. The fourth-order valence-electron chi connectivity index (χ4n) is 15.5. The number of rotatable bonds is 28. The lowest BCUT2D eigenvalue weighted by atomic mass is 9.79. The van der Waals surface area contributed by atoms with Crippen LogP contribution in [0.1, 0.15) is 227 Å². The molecule has 30 heteroatoms. The number of imide groups is 1. The van der Waals surface area contributed by atoms with E-state index in [0.29, 0.717) is 152 Å². The number of nitrogens with zero attached hydrogens (tertiary/aromatic N) is 7. The van der Waals surface area contributed by atoms with E-state index in [9.17, 15) is 57.8 Å². The number of fused-ring (bicyclic) bond motifs is 4. The molecule has 14 rings (SSSR count). The predicted octanol–water partition coefficient (Wildman–Crippen LogP) is 17.2. The molecule has 708 valence electrons. The second kappa shape index (κ2) is 41.3. The summed E-state index contributed by atoms with van der Waals surface area (Å²) in [6, 6.07) is 52.7. The molecule has 1 aliphatic rings. The number of methoxy groups -OCH3 is 5. The maximum Gasteiger partial charge on any atom is 0.311 e. The van der Waals surface area contributed by atoms with Crippen molar-refractivity contribution >= 4 is 114 Å². The number of ketones is 5. The van der Waals surface area contributed by atoms with E-state index in [1.165, 1.54) is 26.4 Å². The van der Waals surface area contributed by atoms with Crippen LogP contribution in [0.3, 0.4) is 0 Å². The maximum atomic E-state index is 14.2. The van der Waals surface area contributed by atoms with Crippen LogP contribution in [0.15, 0.2) is 211 Å². The zero-order chi connectivity index (χ0) is 99.8. The van der Waals surface area contributed by atoms with Crippen molar-refractivity contribution in [1.82, 2.24) is 28.2 Å². The van der Waals surface area contributed by atoms with Crippen molar-refractivity contribution in [1.29, 1.82) is 0 Å². The summed E-state index contributed by atoms with van der Waals surface area (Å²) in [5.41, 5.74) is 20.4. The van der Waals surface area contributed by atoms with E-state index in [0.717, 1.165) is 10.6 Å². The Balaban J connectivity index is 0.000000179. The van der Waals surface area contributed by atoms with Gasteiger partial charge in [0.1, 0.15) is 65.2 Å². The lowest BCUT2D eigenvalue weighted by Crippen LogP contribution is -2.34. The van der Waals surface area contributed by atoms with Gasteiger partial charge in [0.2, 0.25) is 17.5 Å². The number of carbonyl (C=O) groups excluding carboxylic acids is 10. The largest absolute Gasteiger partial charge is 0.505 e. The van der Waals surface area contributed by atoms with Crippen molar-refractivity contribution in [3.8, 4) is 28.7 Å². The summed E-state index contributed by atoms with van der Waals surface area (Å²) in [5.74, 6) is 0.644. The highest BCUT2D eigenvalue weighted by molar-refractivity contribution is 9.08. The van der Waals surface area contributed by atoms with Crippen LogP contribution < -0.4 is 56.6 Å². The average molecular weight is 1910 g/mol. The third-order valence-electron chi connectivity index (χ3n) is 22.9. The monoisotopic (exact) mass is 1910 g/mol. The van der Waals surface area contributed by atoms with Gasteiger partial charge in [0.05, 0.1) is 108 Å². The van der Waals surface area contributed by atoms with Crippen molar-refractivity contribution < 1.29 is 86.2 Å². The van der Waals surface area contributed by atoms with Gasteiger partial charge in [-0.25, -0.2) is 19.9 Å². The number of hydrogen-bond acceptors (Lipinski definition) is 24. The molecular weight excluding hydrogens is 1800 g/mol. The number of esters is 2. The minimum atomic E-state index is -1.04. The number of nitrogens with two attached hydrogens (primary N) is 3. The van der Waals surface area contributed by atoms with Crippen LogP contribution in [-0.4, -0.2) is 127 Å². The standard InChI is InChI=1S/C33H37N3O6.C32H36N4O5.C27H31NO6.C14H9BrN2O2/c1-32(2,3)30(38)27-24(18-33(4,5)31(39)41-7)28(29(37)20-11-13-22(40-6)14-12-20)36-16-15-23(17-25(27)36)42-19-21-9-8-10-26(34)35-21;1-31(2,3)29(38)26-23(17-32(4,5)30(34)39)27(28(37)19-10-12-21(40-6)13-11-19)36-15-14-22(16-24(26)36)41-18-20-8-7-9-25(33)35-20;1-26(2,3)24(31)21-19(15-27(4,5)25(32)34-7)22(28-13-12-17(29)14-20(21)28)23(30)16-8-10-18(33-6)11-9-16;15-8-9-4-3-7-12(16-9)17-13(18)10-5-1-2-6-11(10)14(17)19/h8-17H,18-19H2,1-7H3,(H2,34,35);7-16H,17-18H2,1-6H3,(H2,33,35)(H2,34,39);8-14,30H,15H2,1-7H3;1-7H,8H2. The van der Waals surface area contributed by atoms with E-state index in [1.54, 1.807) is 285 Å². The molecular formula is C106H113BrN10O19. The van der Waals surface area contributed by atoms with Crippen LogP contribution in [0.2, 0.25) is 0 Å². The van der Waals surface area contributed by atoms with Crippen molar-refractivity contribution in [3.63, 3.8) is 0 Å². The molecule has 0 spiro atoms. The molecule has 10 heterocycles. The van der Waals surface area contributed by atoms with Gasteiger partial charge in [-0.1, -0.05) is 122 Å². The van der Waals surface area contributed by atoms with E-state index in [-0.39, 0.29) is 90.1 Å². The summed E-state index contributed by atoms with van der Waals surface area (Å²) in [7, 11) is 7.29. The van der Waals surface area contributed by atoms with E-state index in [2.05, 4.69) is 30.9 Å². The number of benzene rings is 4. The molecule has 4 aromatic carbocycles. The first kappa shape index (κ1) is 102. The molecule has 0 saturated carbocycles. The van der Waals surface area contributed by atoms with Crippen molar-refractivity contribution in [2.75, 3.05) is 51.9 Å². The Morgan fingerprint density at radius 3 is 1.13 bits per heavy atom. The van der Waals surface area contributed by atoms with Crippen molar-refractivity contribution in [3.05, 3.63) is 312 Å². The summed E-state index contributed by atoms with van der Waals surface area (Å²) < 4.78 is 42.9. The number of carbonyl (C=O) groups is 10. The van der Waals surface area contributed by atoms with Crippen LogP contribution >= 0.6 is 15.9 Å². The SMILES string of the molecule is COC(=O)C(C)(C)Cc1c(C(=O)C(C)(C)C)c2cc(=O)ccn2c1=C(O)c1ccc(OC)cc1.COC(=O)C(C)(C)Cc1c(C(=O)C(C)(C)C)c2cc(OCc3cccc(N)n3)ccn2c1C(=O)c1ccc(OC)cc1.COc1ccc(C(=O)c2c(CC(C)(C)C(N)=O)c(C(=O)C(C)(C)C)c3cc(OCc4cccc(N)n4)ccn23)cc1.O=C1c2ccccc2C(=O)N1c1cccc(CBr)n1. The van der Waals surface area contributed by atoms with Gasteiger partial charge >= 0.3 is 11.9 Å². The Hall–Kier alpha value is -14.9. The number of ether oxygens (including phenoxy) is 7. The molecule has 0 aliphatic carbocycles. The first-order valence-corrected chi connectivity index (χ1v) is 44.7. The minimum absolute atomic E-state index is 0.0834. The highest BCUT2D eigenvalue weighted by Crippen LogP contribution is 2.42. The Kier molecular flexibility index (Phi) is 30.8. The molecule has 13 aromatic rings. The molecule has 0 unspecified atom stereocenters. The molecule has 0 radical (unpaired) electrons. The fraction of sp³-hybridized carbons (Fsp3) is 0.302. The molecule has 0 fully saturated rings. The lowest BCUT2D eigenvalue weighted by Gasteiger charge is -2.24. The maximum absolute atomic E-state index is 14.2. The Bertz CT molecular complexity index is 6890. The summed E-state index contributed by atoms with van der Waals surface area (Å²) >= 11 is 3.31. The first-order valence-electron chi connectivity index (χ1n) is 43.6. The van der Waals surface area contributed by atoms with Crippen LogP contribution in [0.5, 0.6) is 28.7 Å².